The predicted octanol–water partition coefficient (Wildman–Crippen LogP) is 1.06. The Bertz CT molecular complexity index is 956. The third kappa shape index (κ3) is 3.91. The molecule has 3 aromatic heterocycles. The van der Waals surface area contributed by atoms with Gasteiger partial charge in [0.05, 0.1) is 18.4 Å². The zero-order chi connectivity index (χ0) is 19.5. The molecule has 0 aliphatic carbocycles. The molecule has 0 bridgehead atoms. The van der Waals surface area contributed by atoms with Crippen molar-refractivity contribution in [1.29, 1.82) is 0 Å². The van der Waals surface area contributed by atoms with Crippen LogP contribution in [0.25, 0.3) is 4.96 Å². The van der Waals surface area contributed by atoms with E-state index in [0.717, 1.165) is 4.96 Å². The number of hydrogen-bond acceptors (Lipinski definition) is 7. The largest absolute Gasteiger partial charge is 0.459 e. The summed E-state index contributed by atoms with van der Waals surface area (Å²) in [5, 5.41) is 1.91. The highest BCUT2D eigenvalue weighted by Crippen LogP contribution is 2.12. The Labute approximate surface area is 164 Å². The van der Waals surface area contributed by atoms with E-state index >= 15 is 0 Å². The molecule has 0 aromatic carbocycles. The lowest BCUT2D eigenvalue weighted by atomic mass is 10.3. The van der Waals surface area contributed by atoms with Gasteiger partial charge in [0, 0.05) is 44.0 Å². The molecule has 10 heteroatoms. The molecular formula is C18H18N4O5S. The molecule has 1 saturated heterocycles. The summed E-state index contributed by atoms with van der Waals surface area (Å²) in [7, 11) is 0. The van der Waals surface area contributed by atoms with E-state index in [1.165, 1.54) is 17.6 Å². The lowest BCUT2D eigenvalue weighted by molar-refractivity contribution is -0.152. The highest BCUT2D eigenvalue weighted by atomic mass is 32.1. The molecule has 3 aromatic rings. The van der Waals surface area contributed by atoms with E-state index < -0.39 is 5.97 Å². The minimum absolute atomic E-state index is 0.0209. The fourth-order valence-corrected chi connectivity index (χ4v) is 3.73. The summed E-state index contributed by atoms with van der Waals surface area (Å²) in [5.74, 6) is -0.675. The molecule has 1 aliphatic heterocycles. The van der Waals surface area contributed by atoms with Crippen molar-refractivity contribution in [3.05, 3.63) is 47.6 Å². The Kier molecular flexibility index (Phi) is 5.11. The van der Waals surface area contributed by atoms with Gasteiger partial charge in [-0.3, -0.25) is 18.8 Å². The van der Waals surface area contributed by atoms with Gasteiger partial charge in [0.15, 0.2) is 17.3 Å². The van der Waals surface area contributed by atoms with Crippen molar-refractivity contribution in [3.63, 3.8) is 0 Å². The molecule has 1 fully saturated rings. The van der Waals surface area contributed by atoms with Crippen LogP contribution in [-0.4, -0.2) is 69.8 Å². The van der Waals surface area contributed by atoms with Gasteiger partial charge in [-0.2, -0.15) is 0 Å². The Morgan fingerprint density at radius 1 is 1.18 bits per heavy atom. The van der Waals surface area contributed by atoms with Crippen LogP contribution in [0.5, 0.6) is 0 Å². The molecule has 0 radical (unpaired) electrons. The number of ether oxygens (including phenoxy) is 1. The van der Waals surface area contributed by atoms with Crippen LogP contribution in [0, 0.1) is 0 Å². The van der Waals surface area contributed by atoms with Gasteiger partial charge in [-0.05, 0) is 12.1 Å². The summed E-state index contributed by atoms with van der Waals surface area (Å²) in [5.41, 5.74) is 0.606. The number of carbonyl (C=O) groups excluding carboxylic acids is 3. The number of hydrogen-bond donors (Lipinski definition) is 0. The molecule has 1 aliphatic rings. The van der Waals surface area contributed by atoms with Gasteiger partial charge in [0.2, 0.25) is 0 Å². The van der Waals surface area contributed by atoms with Crippen molar-refractivity contribution >= 4 is 34.1 Å². The topological polar surface area (TPSA) is 97.4 Å². The molecule has 0 atom stereocenters. The lowest BCUT2D eigenvalue weighted by Gasteiger charge is -2.34. The Morgan fingerprint density at radius 2 is 1.96 bits per heavy atom. The molecule has 0 spiro atoms. The summed E-state index contributed by atoms with van der Waals surface area (Å²) >= 11 is 1.48. The summed E-state index contributed by atoms with van der Waals surface area (Å²) in [6.45, 7) is 1.28. The van der Waals surface area contributed by atoms with Crippen molar-refractivity contribution < 1.29 is 23.5 Å². The van der Waals surface area contributed by atoms with Crippen molar-refractivity contribution in [2.75, 3.05) is 32.8 Å². The van der Waals surface area contributed by atoms with Crippen molar-refractivity contribution in [2.45, 2.75) is 6.42 Å². The van der Waals surface area contributed by atoms with E-state index in [9.17, 15) is 14.4 Å². The molecule has 0 N–H and O–H groups in total. The number of imidazole rings is 1. The normalized spacial score (nSPS) is 14.4. The highest BCUT2D eigenvalue weighted by molar-refractivity contribution is 7.15. The summed E-state index contributed by atoms with van der Waals surface area (Å²) in [4.78, 5) is 44.8. The van der Waals surface area contributed by atoms with E-state index in [4.69, 9.17) is 9.15 Å². The van der Waals surface area contributed by atoms with E-state index in [2.05, 4.69) is 4.98 Å². The first-order valence-electron chi connectivity index (χ1n) is 8.77. The Morgan fingerprint density at radius 3 is 2.68 bits per heavy atom. The number of thiazole rings is 1. The van der Waals surface area contributed by atoms with Crippen LogP contribution in [0.1, 0.15) is 16.2 Å². The van der Waals surface area contributed by atoms with Crippen LogP contribution < -0.4 is 0 Å². The molecule has 28 heavy (non-hydrogen) atoms. The molecule has 4 heterocycles. The van der Waals surface area contributed by atoms with Gasteiger partial charge in [0.25, 0.3) is 11.8 Å². The molecule has 146 valence electrons. The second-order valence-electron chi connectivity index (χ2n) is 6.31. The van der Waals surface area contributed by atoms with Crippen LogP contribution in [0.15, 0.2) is 40.6 Å². The van der Waals surface area contributed by atoms with Gasteiger partial charge in [-0.25, -0.2) is 4.98 Å². The molecular weight excluding hydrogens is 384 g/mol. The molecule has 2 amide bonds. The average Bonchev–Trinajstić information content (AvgIpc) is 3.43. The van der Waals surface area contributed by atoms with Crippen LogP contribution >= 0.6 is 11.3 Å². The smallest absolute Gasteiger partial charge is 0.312 e. The number of esters is 1. The van der Waals surface area contributed by atoms with Crippen molar-refractivity contribution in [3.8, 4) is 0 Å². The minimum Gasteiger partial charge on any atom is -0.459 e. The van der Waals surface area contributed by atoms with E-state index in [0.29, 0.717) is 31.9 Å². The maximum absolute atomic E-state index is 12.3. The number of nitrogens with zero attached hydrogens (tertiary/aromatic N) is 4. The maximum atomic E-state index is 12.3. The molecule has 4 rings (SSSR count). The molecule has 9 nitrogen and oxygen atoms in total. The average molecular weight is 402 g/mol. The lowest BCUT2D eigenvalue weighted by Crippen LogP contribution is -2.51. The van der Waals surface area contributed by atoms with Gasteiger partial charge in [0.1, 0.15) is 0 Å². The predicted molar refractivity (Wildman–Crippen MR) is 98.9 cm³/mol. The SMILES string of the molecule is O=C(Cc1cn2ccsc2n1)OCC(=O)N1CCN(C(=O)c2ccco2)CC1. The van der Waals surface area contributed by atoms with Crippen LogP contribution in [0.2, 0.25) is 0 Å². The third-order valence-corrected chi connectivity index (χ3v) is 5.25. The van der Waals surface area contributed by atoms with Crippen LogP contribution in [0.3, 0.4) is 0 Å². The summed E-state index contributed by atoms with van der Waals surface area (Å²) in [6.07, 6.45) is 5.10. The summed E-state index contributed by atoms with van der Waals surface area (Å²) < 4.78 is 12.0. The van der Waals surface area contributed by atoms with Crippen molar-refractivity contribution in [2.24, 2.45) is 0 Å². The molecule has 0 unspecified atom stereocenters. The number of amides is 2. The highest BCUT2D eigenvalue weighted by Gasteiger charge is 2.26. The number of fused-ring (bicyclic) bond motifs is 1. The Hall–Kier alpha value is -3.14. The van der Waals surface area contributed by atoms with Gasteiger partial charge < -0.3 is 19.0 Å². The fraction of sp³-hybridized carbons (Fsp3) is 0.333. The Balaban J connectivity index is 1.21. The monoisotopic (exact) mass is 402 g/mol. The number of carbonyl (C=O) groups is 3. The number of furan rings is 1. The van der Waals surface area contributed by atoms with Crippen LogP contribution in [-0.2, 0) is 20.7 Å². The van der Waals surface area contributed by atoms with Crippen LogP contribution in [0.4, 0.5) is 0 Å². The standard InChI is InChI=1S/C18H18N4O5S/c23-15(12-27-16(24)10-13-11-22-7-9-28-18(22)19-13)20-3-5-21(6-4-20)17(25)14-2-1-8-26-14/h1-2,7-9,11H,3-6,10,12H2. The van der Waals surface area contributed by atoms with E-state index in [1.54, 1.807) is 28.1 Å². The van der Waals surface area contributed by atoms with Gasteiger partial charge in [-0.15, -0.1) is 11.3 Å². The van der Waals surface area contributed by atoms with E-state index in [-0.39, 0.29) is 30.6 Å². The number of rotatable bonds is 5. The summed E-state index contributed by atoms with van der Waals surface area (Å²) in [6, 6.07) is 3.28. The first-order chi connectivity index (χ1) is 13.6. The van der Waals surface area contributed by atoms with Crippen molar-refractivity contribution in [1.82, 2.24) is 19.2 Å². The number of aromatic nitrogens is 2. The third-order valence-electron chi connectivity index (χ3n) is 4.48. The minimum atomic E-state index is -0.495. The fourth-order valence-electron chi connectivity index (χ4n) is 3.01. The second kappa shape index (κ2) is 7.85. The maximum Gasteiger partial charge on any atom is 0.312 e. The zero-order valence-electron chi connectivity index (χ0n) is 14.9. The quantitative estimate of drug-likeness (QED) is 0.592. The van der Waals surface area contributed by atoms with Gasteiger partial charge >= 0.3 is 5.97 Å². The number of piperazine rings is 1. The van der Waals surface area contributed by atoms with E-state index in [1.807, 2.05) is 16.0 Å². The second-order valence-corrected chi connectivity index (χ2v) is 7.19. The molecule has 0 saturated carbocycles. The first kappa shape index (κ1) is 18.2. The first-order valence-corrected chi connectivity index (χ1v) is 9.65. The van der Waals surface area contributed by atoms with Gasteiger partial charge in [-0.1, -0.05) is 0 Å². The zero-order valence-corrected chi connectivity index (χ0v) is 15.8.